The summed E-state index contributed by atoms with van der Waals surface area (Å²) in [6, 6.07) is 3.64. The summed E-state index contributed by atoms with van der Waals surface area (Å²) in [5.74, 6) is 0.788. The zero-order valence-electron chi connectivity index (χ0n) is 8.69. The molecular formula is C11H16N2O2. The normalized spacial score (nSPS) is 9.93. The minimum Gasteiger partial charge on any atom is -0.467 e. The van der Waals surface area contributed by atoms with Crippen LogP contribution in [0, 0.1) is 0 Å². The first-order valence-corrected chi connectivity index (χ1v) is 4.89. The van der Waals surface area contributed by atoms with Crippen molar-refractivity contribution >= 4 is 5.91 Å². The fraction of sp³-hybridized carbons (Fsp3) is 0.364. The number of carbonyl (C=O) groups is 1. The summed E-state index contributed by atoms with van der Waals surface area (Å²) < 4.78 is 5.18. The topological polar surface area (TPSA) is 59.5 Å². The first kappa shape index (κ1) is 11.5. The second kappa shape index (κ2) is 6.03. The molecule has 0 unspecified atom stereocenters. The minimum absolute atomic E-state index is 0.0220. The van der Waals surface area contributed by atoms with Crippen LogP contribution in [0.1, 0.15) is 12.2 Å². The highest BCUT2D eigenvalue weighted by atomic mass is 16.3. The molecular weight excluding hydrogens is 192 g/mol. The quantitative estimate of drug-likeness (QED) is 0.713. The van der Waals surface area contributed by atoms with Crippen molar-refractivity contribution < 1.29 is 9.21 Å². The van der Waals surface area contributed by atoms with E-state index in [0.29, 0.717) is 26.1 Å². The van der Waals surface area contributed by atoms with E-state index in [2.05, 4.69) is 6.58 Å². The number of nitrogens with zero attached hydrogens (tertiary/aromatic N) is 1. The second-order valence-electron chi connectivity index (χ2n) is 3.18. The van der Waals surface area contributed by atoms with Crippen LogP contribution in [0.25, 0.3) is 0 Å². The standard InChI is InChI=1S/C11H16N2O2/c1-2-7-13(11(14)5-6-12)9-10-4-3-8-15-10/h2-4,8H,1,5-7,9,12H2. The number of hydrogen-bond acceptors (Lipinski definition) is 3. The van der Waals surface area contributed by atoms with Gasteiger partial charge < -0.3 is 15.1 Å². The predicted molar refractivity (Wildman–Crippen MR) is 58.0 cm³/mol. The summed E-state index contributed by atoms with van der Waals surface area (Å²) >= 11 is 0. The van der Waals surface area contributed by atoms with Gasteiger partial charge in [0.1, 0.15) is 5.76 Å². The van der Waals surface area contributed by atoms with Crippen LogP contribution in [0.3, 0.4) is 0 Å². The molecule has 0 fully saturated rings. The number of nitrogens with two attached hydrogens (primary N) is 1. The van der Waals surface area contributed by atoms with Crippen LogP contribution in [0.4, 0.5) is 0 Å². The Morgan fingerprint density at radius 3 is 3.00 bits per heavy atom. The summed E-state index contributed by atoms with van der Waals surface area (Å²) in [6.07, 6.45) is 3.64. The van der Waals surface area contributed by atoms with Gasteiger partial charge in [0.15, 0.2) is 0 Å². The smallest absolute Gasteiger partial charge is 0.224 e. The summed E-state index contributed by atoms with van der Waals surface area (Å²) in [6.45, 7) is 4.97. The molecule has 4 heteroatoms. The van der Waals surface area contributed by atoms with E-state index in [1.807, 2.05) is 6.07 Å². The summed E-state index contributed by atoms with van der Waals surface area (Å²) in [4.78, 5) is 13.3. The van der Waals surface area contributed by atoms with Crippen molar-refractivity contribution in [2.75, 3.05) is 13.1 Å². The monoisotopic (exact) mass is 208 g/mol. The average Bonchev–Trinajstić information content (AvgIpc) is 2.70. The van der Waals surface area contributed by atoms with E-state index in [0.717, 1.165) is 5.76 Å². The Balaban J connectivity index is 2.57. The summed E-state index contributed by atoms with van der Waals surface area (Å²) in [5.41, 5.74) is 5.34. The fourth-order valence-electron chi connectivity index (χ4n) is 1.28. The maximum absolute atomic E-state index is 11.6. The Kier molecular flexibility index (Phi) is 4.63. The molecule has 0 spiro atoms. The van der Waals surface area contributed by atoms with Crippen LogP contribution in [0.5, 0.6) is 0 Å². The molecule has 1 aromatic heterocycles. The number of carbonyl (C=O) groups excluding carboxylic acids is 1. The molecule has 1 amide bonds. The van der Waals surface area contributed by atoms with Crippen LogP contribution < -0.4 is 5.73 Å². The van der Waals surface area contributed by atoms with E-state index < -0.39 is 0 Å². The number of amides is 1. The highest BCUT2D eigenvalue weighted by Gasteiger charge is 2.12. The summed E-state index contributed by atoms with van der Waals surface area (Å²) in [7, 11) is 0. The molecule has 82 valence electrons. The van der Waals surface area contributed by atoms with Crippen molar-refractivity contribution in [3.63, 3.8) is 0 Å². The highest BCUT2D eigenvalue weighted by Crippen LogP contribution is 2.06. The Morgan fingerprint density at radius 1 is 1.67 bits per heavy atom. The largest absolute Gasteiger partial charge is 0.467 e. The molecule has 4 nitrogen and oxygen atoms in total. The van der Waals surface area contributed by atoms with Crippen molar-refractivity contribution in [3.05, 3.63) is 36.8 Å². The number of furan rings is 1. The van der Waals surface area contributed by atoms with Gasteiger partial charge >= 0.3 is 0 Å². The van der Waals surface area contributed by atoms with E-state index in [1.165, 1.54) is 0 Å². The lowest BCUT2D eigenvalue weighted by Gasteiger charge is -2.19. The molecule has 1 aromatic rings. The zero-order valence-corrected chi connectivity index (χ0v) is 8.69. The molecule has 0 bridgehead atoms. The van der Waals surface area contributed by atoms with Crippen molar-refractivity contribution in [2.24, 2.45) is 5.73 Å². The molecule has 2 N–H and O–H groups in total. The number of rotatable bonds is 6. The molecule has 1 heterocycles. The Hall–Kier alpha value is -1.55. The molecule has 0 radical (unpaired) electrons. The lowest BCUT2D eigenvalue weighted by molar-refractivity contribution is -0.131. The summed E-state index contributed by atoms with van der Waals surface area (Å²) in [5, 5.41) is 0. The first-order valence-electron chi connectivity index (χ1n) is 4.89. The predicted octanol–water partition coefficient (Wildman–Crippen LogP) is 1.14. The van der Waals surface area contributed by atoms with Gasteiger partial charge in [0.05, 0.1) is 12.8 Å². The van der Waals surface area contributed by atoms with Gasteiger partial charge in [0.2, 0.25) is 5.91 Å². The third-order valence-electron chi connectivity index (χ3n) is 1.99. The maximum atomic E-state index is 11.6. The lowest BCUT2D eigenvalue weighted by Crippen LogP contribution is -2.31. The average molecular weight is 208 g/mol. The van der Waals surface area contributed by atoms with E-state index in [9.17, 15) is 4.79 Å². The molecule has 1 rings (SSSR count). The fourth-order valence-corrected chi connectivity index (χ4v) is 1.28. The van der Waals surface area contributed by atoms with E-state index in [1.54, 1.807) is 23.3 Å². The maximum Gasteiger partial charge on any atom is 0.224 e. The van der Waals surface area contributed by atoms with Crippen LogP contribution in [0.2, 0.25) is 0 Å². The van der Waals surface area contributed by atoms with Gasteiger partial charge in [-0.25, -0.2) is 0 Å². The van der Waals surface area contributed by atoms with Gasteiger partial charge in [-0.2, -0.15) is 0 Å². The van der Waals surface area contributed by atoms with E-state index in [-0.39, 0.29) is 5.91 Å². The Bertz CT molecular complexity index is 306. The van der Waals surface area contributed by atoms with Crippen molar-refractivity contribution in [2.45, 2.75) is 13.0 Å². The van der Waals surface area contributed by atoms with Gasteiger partial charge in [0, 0.05) is 19.5 Å². The third-order valence-corrected chi connectivity index (χ3v) is 1.99. The molecule has 0 aliphatic carbocycles. The molecule has 0 aromatic carbocycles. The highest BCUT2D eigenvalue weighted by molar-refractivity contribution is 5.76. The first-order chi connectivity index (χ1) is 7.27. The molecule has 0 aliphatic rings. The minimum atomic E-state index is 0.0220. The van der Waals surface area contributed by atoms with Crippen LogP contribution >= 0.6 is 0 Å². The third kappa shape index (κ3) is 3.59. The lowest BCUT2D eigenvalue weighted by atomic mass is 10.3. The van der Waals surface area contributed by atoms with E-state index >= 15 is 0 Å². The molecule has 0 saturated heterocycles. The van der Waals surface area contributed by atoms with Crippen molar-refractivity contribution in [1.82, 2.24) is 4.90 Å². The van der Waals surface area contributed by atoms with Crippen molar-refractivity contribution in [3.8, 4) is 0 Å². The van der Waals surface area contributed by atoms with E-state index in [4.69, 9.17) is 10.2 Å². The second-order valence-corrected chi connectivity index (χ2v) is 3.18. The molecule has 0 saturated carbocycles. The van der Waals surface area contributed by atoms with Gasteiger partial charge in [-0.15, -0.1) is 6.58 Å². The van der Waals surface area contributed by atoms with Gasteiger partial charge in [0.25, 0.3) is 0 Å². The van der Waals surface area contributed by atoms with Crippen molar-refractivity contribution in [1.29, 1.82) is 0 Å². The zero-order chi connectivity index (χ0) is 11.1. The SMILES string of the molecule is C=CCN(Cc1ccco1)C(=O)CCN. The Labute approximate surface area is 89.4 Å². The van der Waals surface area contributed by atoms with Gasteiger partial charge in [-0.1, -0.05) is 6.08 Å². The Morgan fingerprint density at radius 2 is 2.47 bits per heavy atom. The molecule has 0 aliphatic heterocycles. The molecule has 0 atom stereocenters. The van der Waals surface area contributed by atoms with Gasteiger partial charge in [-0.05, 0) is 12.1 Å². The van der Waals surface area contributed by atoms with Crippen LogP contribution in [-0.2, 0) is 11.3 Å². The molecule has 15 heavy (non-hydrogen) atoms. The number of hydrogen-bond donors (Lipinski definition) is 1. The van der Waals surface area contributed by atoms with Gasteiger partial charge in [-0.3, -0.25) is 4.79 Å². The van der Waals surface area contributed by atoms with Crippen LogP contribution in [0.15, 0.2) is 35.5 Å². The van der Waals surface area contributed by atoms with Crippen LogP contribution in [-0.4, -0.2) is 23.9 Å².